The van der Waals surface area contributed by atoms with Gasteiger partial charge >= 0.3 is 5.97 Å². The molecule has 0 saturated carbocycles. The lowest BCUT2D eigenvalue weighted by molar-refractivity contribution is -0.143. The van der Waals surface area contributed by atoms with Gasteiger partial charge in [-0.05, 0) is 24.6 Å². The molecule has 0 bridgehead atoms. The van der Waals surface area contributed by atoms with Crippen LogP contribution in [0.25, 0.3) is 0 Å². The molecule has 1 aromatic rings. The van der Waals surface area contributed by atoms with Gasteiger partial charge in [-0.3, -0.25) is 4.79 Å². The van der Waals surface area contributed by atoms with E-state index in [4.69, 9.17) is 14.9 Å². The van der Waals surface area contributed by atoms with E-state index in [1.54, 1.807) is 18.2 Å². The van der Waals surface area contributed by atoms with Gasteiger partial charge in [0.2, 0.25) is 0 Å². The molecule has 0 aliphatic rings. The van der Waals surface area contributed by atoms with Crippen molar-refractivity contribution in [3.05, 3.63) is 28.7 Å². The van der Waals surface area contributed by atoms with Crippen LogP contribution in [0.3, 0.4) is 0 Å². The van der Waals surface area contributed by atoms with Gasteiger partial charge < -0.3 is 14.9 Å². The third-order valence-electron chi connectivity index (χ3n) is 2.07. The molecule has 0 heterocycles. The lowest BCUT2D eigenvalue weighted by Crippen LogP contribution is -2.22. The Balaban J connectivity index is 2.51. The van der Waals surface area contributed by atoms with E-state index in [1.807, 2.05) is 6.07 Å². The fraction of sp³-hybridized carbons (Fsp3) is 0.364. The lowest BCUT2D eigenvalue weighted by atomic mass is 10.1. The lowest BCUT2D eigenvalue weighted by Gasteiger charge is -2.12. The number of ether oxygens (including phenoxy) is 1. The number of hydrogen-bond acceptors (Lipinski definition) is 3. The molecule has 1 atom stereocenters. The fourth-order valence-electron chi connectivity index (χ4n) is 1.19. The zero-order valence-corrected chi connectivity index (χ0v) is 10.2. The summed E-state index contributed by atoms with van der Waals surface area (Å²) in [6.07, 6.45) is 0.198. The van der Waals surface area contributed by atoms with Gasteiger partial charge in [0, 0.05) is 11.1 Å². The first-order chi connectivity index (χ1) is 7.63. The summed E-state index contributed by atoms with van der Waals surface area (Å²) in [4.78, 5) is 10.8. The molecule has 1 rings (SSSR count). The normalized spacial score (nSPS) is 12.1. The molecule has 2 N–H and O–H groups in total. The molecule has 0 spiro atoms. The molecular weight excluding hydrogens is 276 g/mol. The molecule has 0 aliphatic heterocycles. The summed E-state index contributed by atoms with van der Waals surface area (Å²) in [6.45, 7) is -0.0921. The predicted octanol–water partition coefficient (Wildman–Crippen LogP) is 1.91. The van der Waals surface area contributed by atoms with E-state index in [1.165, 1.54) is 0 Å². The Bertz CT molecular complexity index is 354. The topological polar surface area (TPSA) is 66.8 Å². The molecule has 0 fully saturated rings. The Morgan fingerprint density at radius 1 is 1.50 bits per heavy atom. The summed E-state index contributed by atoms with van der Waals surface area (Å²) in [5.74, 6) is -1.02. The second kappa shape index (κ2) is 6.50. The van der Waals surface area contributed by atoms with Crippen molar-refractivity contribution in [2.45, 2.75) is 6.42 Å². The van der Waals surface area contributed by atoms with E-state index in [2.05, 4.69) is 15.9 Å². The summed E-state index contributed by atoms with van der Waals surface area (Å²) in [5, 5.41) is 17.5. The number of hydrogen-bond donors (Lipinski definition) is 2. The van der Waals surface area contributed by atoms with Crippen LogP contribution in [0.5, 0.6) is 5.75 Å². The van der Waals surface area contributed by atoms with Gasteiger partial charge in [0.1, 0.15) is 12.4 Å². The van der Waals surface area contributed by atoms with Gasteiger partial charge in [0.25, 0.3) is 0 Å². The smallest absolute Gasteiger partial charge is 0.310 e. The molecular formula is C11H13BrO4. The Labute approximate surface area is 102 Å². The molecule has 0 saturated heterocycles. The number of rotatable bonds is 6. The van der Waals surface area contributed by atoms with Crippen LogP contribution in [0, 0.1) is 5.92 Å². The van der Waals surface area contributed by atoms with Gasteiger partial charge in [-0.25, -0.2) is 0 Å². The number of aliphatic carboxylic acids is 1. The van der Waals surface area contributed by atoms with Crippen LogP contribution in [-0.2, 0) is 4.79 Å². The largest absolute Gasteiger partial charge is 0.493 e. The highest BCUT2D eigenvalue weighted by atomic mass is 79.9. The third-order valence-corrected chi connectivity index (χ3v) is 2.57. The Kier molecular flexibility index (Phi) is 5.28. The second-order valence-electron chi connectivity index (χ2n) is 3.32. The molecule has 4 nitrogen and oxygen atoms in total. The first kappa shape index (κ1) is 13.0. The Hall–Kier alpha value is -1.07. The van der Waals surface area contributed by atoms with Gasteiger partial charge in [-0.1, -0.05) is 22.0 Å². The summed E-state index contributed by atoms with van der Waals surface area (Å²) >= 11 is 3.29. The van der Waals surface area contributed by atoms with Crippen LogP contribution < -0.4 is 4.74 Å². The Morgan fingerprint density at radius 2 is 2.25 bits per heavy atom. The molecule has 5 heteroatoms. The van der Waals surface area contributed by atoms with E-state index in [9.17, 15) is 4.79 Å². The molecule has 1 unspecified atom stereocenters. The first-order valence-electron chi connectivity index (χ1n) is 4.85. The SMILES string of the molecule is O=C(O)C(CCO)COc1cccc(Br)c1. The highest BCUT2D eigenvalue weighted by Gasteiger charge is 2.17. The quantitative estimate of drug-likeness (QED) is 0.839. The number of aliphatic hydroxyl groups excluding tert-OH is 1. The van der Waals surface area contributed by atoms with Crippen molar-refractivity contribution in [2.24, 2.45) is 5.92 Å². The van der Waals surface area contributed by atoms with Crippen molar-refractivity contribution in [2.75, 3.05) is 13.2 Å². The molecule has 0 aliphatic carbocycles. The minimum Gasteiger partial charge on any atom is -0.493 e. The van der Waals surface area contributed by atoms with Gasteiger partial charge in [-0.2, -0.15) is 0 Å². The van der Waals surface area contributed by atoms with Crippen molar-refractivity contribution in [1.82, 2.24) is 0 Å². The van der Waals surface area contributed by atoms with Gasteiger partial charge in [-0.15, -0.1) is 0 Å². The fourth-order valence-corrected chi connectivity index (χ4v) is 1.57. The molecule has 0 radical (unpaired) electrons. The van der Waals surface area contributed by atoms with Crippen LogP contribution in [-0.4, -0.2) is 29.4 Å². The van der Waals surface area contributed by atoms with Gasteiger partial charge in [0.15, 0.2) is 0 Å². The van der Waals surface area contributed by atoms with Crippen molar-refractivity contribution in [3.63, 3.8) is 0 Å². The minimum atomic E-state index is -0.955. The molecule has 0 amide bonds. The van der Waals surface area contributed by atoms with Crippen LogP contribution in [0.4, 0.5) is 0 Å². The number of carboxylic acid groups (broad SMARTS) is 1. The van der Waals surface area contributed by atoms with Crippen molar-refractivity contribution < 1.29 is 19.7 Å². The zero-order valence-electron chi connectivity index (χ0n) is 8.60. The maximum Gasteiger partial charge on any atom is 0.310 e. The van der Waals surface area contributed by atoms with Crippen LogP contribution in [0.1, 0.15) is 6.42 Å². The zero-order chi connectivity index (χ0) is 12.0. The summed E-state index contributed by atoms with van der Waals surface area (Å²) in [5.41, 5.74) is 0. The maximum atomic E-state index is 10.8. The summed E-state index contributed by atoms with van der Waals surface area (Å²) in [6, 6.07) is 7.18. The van der Waals surface area contributed by atoms with Crippen molar-refractivity contribution in [3.8, 4) is 5.75 Å². The van der Waals surface area contributed by atoms with Crippen molar-refractivity contribution in [1.29, 1.82) is 0 Å². The van der Waals surface area contributed by atoms with E-state index < -0.39 is 11.9 Å². The van der Waals surface area contributed by atoms with Crippen LogP contribution >= 0.6 is 15.9 Å². The third kappa shape index (κ3) is 4.20. The van der Waals surface area contributed by atoms with E-state index in [0.717, 1.165) is 4.47 Å². The molecule has 16 heavy (non-hydrogen) atoms. The number of carboxylic acids is 1. The standard InChI is InChI=1S/C11H13BrO4/c12-9-2-1-3-10(6-9)16-7-8(4-5-13)11(14)15/h1-3,6,8,13H,4-5,7H2,(H,14,15). The summed E-state index contributed by atoms with van der Waals surface area (Å²) in [7, 11) is 0. The van der Waals surface area contributed by atoms with Gasteiger partial charge in [0.05, 0.1) is 5.92 Å². The predicted molar refractivity (Wildman–Crippen MR) is 62.5 cm³/mol. The van der Waals surface area contributed by atoms with E-state index >= 15 is 0 Å². The monoisotopic (exact) mass is 288 g/mol. The number of aliphatic hydroxyl groups is 1. The highest BCUT2D eigenvalue weighted by molar-refractivity contribution is 9.10. The molecule has 88 valence electrons. The molecule has 0 aromatic heterocycles. The van der Waals surface area contributed by atoms with Crippen LogP contribution in [0.15, 0.2) is 28.7 Å². The number of halogens is 1. The molecule has 1 aromatic carbocycles. The first-order valence-corrected chi connectivity index (χ1v) is 5.65. The summed E-state index contributed by atoms with van der Waals surface area (Å²) < 4.78 is 6.21. The van der Waals surface area contributed by atoms with Crippen LogP contribution in [0.2, 0.25) is 0 Å². The number of benzene rings is 1. The maximum absolute atomic E-state index is 10.8. The second-order valence-corrected chi connectivity index (χ2v) is 4.23. The van der Waals surface area contributed by atoms with E-state index in [0.29, 0.717) is 5.75 Å². The highest BCUT2D eigenvalue weighted by Crippen LogP contribution is 2.18. The van der Waals surface area contributed by atoms with Crippen molar-refractivity contribution >= 4 is 21.9 Å². The number of carbonyl (C=O) groups is 1. The minimum absolute atomic E-state index is 0.0619. The average Bonchev–Trinajstić information content (AvgIpc) is 2.24. The average molecular weight is 289 g/mol. The Morgan fingerprint density at radius 3 is 2.81 bits per heavy atom. The van der Waals surface area contributed by atoms with E-state index in [-0.39, 0.29) is 19.6 Å².